The molecule has 0 fully saturated rings. The van der Waals surface area contributed by atoms with Gasteiger partial charge in [0.25, 0.3) is 0 Å². The fourth-order valence-corrected chi connectivity index (χ4v) is 2.22. The summed E-state index contributed by atoms with van der Waals surface area (Å²) in [6.07, 6.45) is 4.92. The van der Waals surface area contributed by atoms with Gasteiger partial charge >= 0.3 is 0 Å². The Kier molecular flexibility index (Phi) is 7.97. The number of unbranched alkanes of at least 4 members (excludes halogenated alkanes) is 2. The van der Waals surface area contributed by atoms with Crippen molar-refractivity contribution >= 4 is 5.91 Å². The Morgan fingerprint density at radius 2 is 1.65 bits per heavy atom. The summed E-state index contributed by atoms with van der Waals surface area (Å²) in [5.41, 5.74) is 7.23. The van der Waals surface area contributed by atoms with E-state index in [1.54, 1.807) is 0 Å². The normalized spacial score (nSPS) is 12.2. The lowest BCUT2D eigenvalue weighted by atomic mass is 10.1. The molecular formula is C17H28N2O. The van der Waals surface area contributed by atoms with Crippen LogP contribution in [0, 0.1) is 0 Å². The van der Waals surface area contributed by atoms with Gasteiger partial charge in [0.1, 0.15) is 0 Å². The molecule has 0 radical (unpaired) electrons. The van der Waals surface area contributed by atoms with Gasteiger partial charge in [-0.1, -0.05) is 57.0 Å². The molecule has 0 aromatic heterocycles. The third-order valence-electron chi connectivity index (χ3n) is 3.49. The minimum atomic E-state index is -0.425. The fraction of sp³-hybridized carbons (Fsp3) is 0.588. The molecule has 0 heterocycles. The number of nitrogens with zero attached hydrogens (tertiary/aromatic N) is 1. The molecule has 1 rings (SSSR count). The summed E-state index contributed by atoms with van der Waals surface area (Å²) < 4.78 is 0. The Morgan fingerprint density at radius 3 is 2.15 bits per heavy atom. The van der Waals surface area contributed by atoms with E-state index in [0.717, 1.165) is 44.3 Å². The van der Waals surface area contributed by atoms with Gasteiger partial charge in [-0.2, -0.15) is 0 Å². The predicted molar refractivity (Wildman–Crippen MR) is 84.5 cm³/mol. The van der Waals surface area contributed by atoms with Crippen LogP contribution in [-0.2, 0) is 11.2 Å². The number of hydrogen-bond acceptors (Lipinski definition) is 2. The average Bonchev–Trinajstić information content (AvgIpc) is 2.48. The molecule has 3 heteroatoms. The molecule has 2 N–H and O–H groups in total. The second-order valence-electron chi connectivity index (χ2n) is 5.33. The van der Waals surface area contributed by atoms with Crippen LogP contribution in [0.3, 0.4) is 0 Å². The zero-order valence-electron chi connectivity index (χ0n) is 12.8. The Hall–Kier alpha value is -1.35. The van der Waals surface area contributed by atoms with Crippen molar-refractivity contribution < 1.29 is 4.79 Å². The van der Waals surface area contributed by atoms with Crippen LogP contribution in [0.15, 0.2) is 30.3 Å². The van der Waals surface area contributed by atoms with Crippen LogP contribution in [0.2, 0.25) is 0 Å². The molecule has 0 aliphatic carbocycles. The number of carbonyl (C=O) groups excluding carboxylic acids is 1. The number of hydrogen-bond donors (Lipinski definition) is 1. The van der Waals surface area contributed by atoms with E-state index in [4.69, 9.17) is 5.73 Å². The van der Waals surface area contributed by atoms with Gasteiger partial charge in [0.15, 0.2) is 0 Å². The molecule has 1 aromatic rings. The van der Waals surface area contributed by atoms with Gasteiger partial charge in [-0.05, 0) is 24.8 Å². The van der Waals surface area contributed by atoms with E-state index in [2.05, 4.69) is 13.8 Å². The van der Waals surface area contributed by atoms with E-state index in [9.17, 15) is 4.79 Å². The highest BCUT2D eigenvalue weighted by Crippen LogP contribution is 2.07. The van der Waals surface area contributed by atoms with Crippen LogP contribution in [-0.4, -0.2) is 29.9 Å². The maximum absolute atomic E-state index is 12.5. The molecular weight excluding hydrogens is 248 g/mol. The van der Waals surface area contributed by atoms with Crippen molar-refractivity contribution in [1.82, 2.24) is 4.90 Å². The van der Waals surface area contributed by atoms with Crippen molar-refractivity contribution in [1.29, 1.82) is 0 Å². The van der Waals surface area contributed by atoms with Crippen molar-refractivity contribution in [2.75, 3.05) is 13.1 Å². The highest BCUT2D eigenvalue weighted by Gasteiger charge is 2.20. The molecule has 1 aromatic carbocycles. The minimum Gasteiger partial charge on any atom is -0.341 e. The van der Waals surface area contributed by atoms with Crippen LogP contribution in [0.25, 0.3) is 0 Å². The largest absolute Gasteiger partial charge is 0.341 e. The van der Waals surface area contributed by atoms with Crippen molar-refractivity contribution in [3.05, 3.63) is 35.9 Å². The fourth-order valence-electron chi connectivity index (χ4n) is 2.22. The average molecular weight is 276 g/mol. The molecule has 3 nitrogen and oxygen atoms in total. The zero-order valence-corrected chi connectivity index (χ0v) is 12.8. The SMILES string of the molecule is CCCCN(CCCC)C(=O)[C@@H](N)Cc1ccccc1. The summed E-state index contributed by atoms with van der Waals surface area (Å²) in [7, 11) is 0. The smallest absolute Gasteiger partial charge is 0.239 e. The van der Waals surface area contributed by atoms with Crippen LogP contribution in [0.1, 0.15) is 45.1 Å². The predicted octanol–water partition coefficient (Wildman–Crippen LogP) is 2.99. The molecule has 20 heavy (non-hydrogen) atoms. The Morgan fingerprint density at radius 1 is 1.10 bits per heavy atom. The van der Waals surface area contributed by atoms with E-state index in [1.165, 1.54) is 0 Å². The summed E-state index contributed by atoms with van der Waals surface area (Å²) in [5.74, 6) is 0.0933. The summed E-state index contributed by atoms with van der Waals surface area (Å²) in [4.78, 5) is 14.4. The topological polar surface area (TPSA) is 46.3 Å². The van der Waals surface area contributed by atoms with E-state index in [-0.39, 0.29) is 5.91 Å². The Labute approximate surface area is 123 Å². The molecule has 0 aliphatic rings. The Balaban J connectivity index is 2.57. The number of rotatable bonds is 9. The molecule has 0 saturated heterocycles. The van der Waals surface area contributed by atoms with Gasteiger partial charge in [-0.15, -0.1) is 0 Å². The van der Waals surface area contributed by atoms with Crippen molar-refractivity contribution in [2.24, 2.45) is 5.73 Å². The van der Waals surface area contributed by atoms with E-state index >= 15 is 0 Å². The maximum Gasteiger partial charge on any atom is 0.239 e. The highest BCUT2D eigenvalue weighted by molar-refractivity contribution is 5.82. The molecule has 0 aliphatic heterocycles. The van der Waals surface area contributed by atoms with Gasteiger partial charge in [-0.3, -0.25) is 4.79 Å². The molecule has 0 saturated carbocycles. The second kappa shape index (κ2) is 9.54. The third-order valence-corrected chi connectivity index (χ3v) is 3.49. The second-order valence-corrected chi connectivity index (χ2v) is 5.33. The lowest BCUT2D eigenvalue weighted by Crippen LogP contribution is -2.45. The summed E-state index contributed by atoms with van der Waals surface area (Å²) in [5, 5.41) is 0. The van der Waals surface area contributed by atoms with Crippen molar-refractivity contribution in [3.63, 3.8) is 0 Å². The van der Waals surface area contributed by atoms with E-state index in [1.807, 2.05) is 35.2 Å². The van der Waals surface area contributed by atoms with Gasteiger partial charge in [-0.25, -0.2) is 0 Å². The van der Waals surface area contributed by atoms with Crippen LogP contribution >= 0.6 is 0 Å². The molecule has 0 bridgehead atoms. The summed E-state index contributed by atoms with van der Waals surface area (Å²) in [6.45, 7) is 5.95. The van der Waals surface area contributed by atoms with Crippen LogP contribution in [0.5, 0.6) is 0 Å². The summed E-state index contributed by atoms with van der Waals surface area (Å²) in [6, 6.07) is 9.57. The van der Waals surface area contributed by atoms with Crippen LogP contribution < -0.4 is 5.73 Å². The zero-order chi connectivity index (χ0) is 14.8. The van der Waals surface area contributed by atoms with Crippen molar-refractivity contribution in [3.8, 4) is 0 Å². The van der Waals surface area contributed by atoms with Gasteiger partial charge in [0.2, 0.25) is 5.91 Å². The first kappa shape index (κ1) is 16.7. The van der Waals surface area contributed by atoms with Crippen molar-refractivity contribution in [2.45, 2.75) is 52.0 Å². The molecule has 1 atom stereocenters. The van der Waals surface area contributed by atoms with Gasteiger partial charge in [0, 0.05) is 13.1 Å². The van der Waals surface area contributed by atoms with E-state index in [0.29, 0.717) is 6.42 Å². The molecule has 112 valence electrons. The van der Waals surface area contributed by atoms with Gasteiger partial charge < -0.3 is 10.6 Å². The highest BCUT2D eigenvalue weighted by atomic mass is 16.2. The maximum atomic E-state index is 12.5. The standard InChI is InChI=1S/C17H28N2O/c1-3-5-12-19(13-6-4-2)17(20)16(18)14-15-10-8-7-9-11-15/h7-11,16H,3-6,12-14,18H2,1-2H3/t16-/m0/s1. The molecule has 1 amide bonds. The number of benzene rings is 1. The first-order valence-electron chi connectivity index (χ1n) is 7.77. The monoisotopic (exact) mass is 276 g/mol. The number of nitrogens with two attached hydrogens (primary N) is 1. The minimum absolute atomic E-state index is 0.0933. The summed E-state index contributed by atoms with van der Waals surface area (Å²) >= 11 is 0. The quantitative estimate of drug-likeness (QED) is 0.753. The first-order chi connectivity index (χ1) is 9.69. The number of amides is 1. The lowest BCUT2D eigenvalue weighted by Gasteiger charge is -2.25. The lowest BCUT2D eigenvalue weighted by molar-refractivity contribution is -0.132. The Bertz CT molecular complexity index is 370. The van der Waals surface area contributed by atoms with Crippen LogP contribution in [0.4, 0.5) is 0 Å². The molecule has 0 spiro atoms. The molecule has 0 unspecified atom stereocenters. The van der Waals surface area contributed by atoms with Gasteiger partial charge in [0.05, 0.1) is 6.04 Å². The van der Waals surface area contributed by atoms with E-state index < -0.39 is 6.04 Å². The third kappa shape index (κ3) is 5.74. The first-order valence-corrected chi connectivity index (χ1v) is 7.77. The number of carbonyl (C=O) groups is 1.